The molecular weight excluding hydrogens is 334 g/mol. The Labute approximate surface area is 153 Å². The molecular formula is C19H25N3S2. The van der Waals surface area contributed by atoms with Crippen LogP contribution >= 0.6 is 23.5 Å². The quantitative estimate of drug-likeness (QED) is 0.380. The van der Waals surface area contributed by atoms with Crippen molar-refractivity contribution in [1.82, 2.24) is 9.97 Å². The van der Waals surface area contributed by atoms with Crippen molar-refractivity contribution in [2.75, 3.05) is 11.1 Å². The summed E-state index contributed by atoms with van der Waals surface area (Å²) in [6.45, 7) is 2.19. The molecule has 1 heterocycles. The Balaban J connectivity index is 1.76. The van der Waals surface area contributed by atoms with Gasteiger partial charge in [0, 0.05) is 22.8 Å². The third-order valence-electron chi connectivity index (χ3n) is 4.04. The molecule has 1 N–H and O–H groups in total. The van der Waals surface area contributed by atoms with Gasteiger partial charge < -0.3 is 5.32 Å². The first kappa shape index (κ1) is 17.6. The Morgan fingerprint density at radius 1 is 1.08 bits per heavy atom. The monoisotopic (exact) mass is 359 g/mol. The van der Waals surface area contributed by atoms with Gasteiger partial charge in [-0.05, 0) is 31.4 Å². The van der Waals surface area contributed by atoms with E-state index in [-0.39, 0.29) is 0 Å². The van der Waals surface area contributed by atoms with Gasteiger partial charge in [0.25, 0.3) is 0 Å². The van der Waals surface area contributed by atoms with Gasteiger partial charge >= 0.3 is 0 Å². The van der Waals surface area contributed by atoms with E-state index in [1.165, 1.54) is 37.0 Å². The van der Waals surface area contributed by atoms with E-state index in [0.717, 1.165) is 28.2 Å². The van der Waals surface area contributed by atoms with Gasteiger partial charge in [0.05, 0.1) is 0 Å². The summed E-state index contributed by atoms with van der Waals surface area (Å²) in [5.74, 6) is 2.04. The second-order valence-electron chi connectivity index (χ2n) is 6.12. The number of aromatic nitrogens is 2. The van der Waals surface area contributed by atoms with Crippen LogP contribution in [0, 0.1) is 0 Å². The highest BCUT2D eigenvalue weighted by molar-refractivity contribution is 7.99. The topological polar surface area (TPSA) is 37.8 Å². The van der Waals surface area contributed by atoms with Crippen LogP contribution < -0.4 is 5.32 Å². The predicted octanol–water partition coefficient (Wildman–Crippen LogP) is 5.87. The number of thioether (sulfide) groups is 1. The molecule has 1 aromatic carbocycles. The molecule has 0 atom stereocenters. The van der Waals surface area contributed by atoms with Crippen molar-refractivity contribution in [3.05, 3.63) is 36.4 Å². The van der Waals surface area contributed by atoms with Crippen LogP contribution in [0.3, 0.4) is 0 Å². The van der Waals surface area contributed by atoms with Gasteiger partial charge in [-0.15, -0.1) is 0 Å². The van der Waals surface area contributed by atoms with Crippen LogP contribution in [0.1, 0.15) is 45.4 Å². The number of anilines is 1. The highest BCUT2D eigenvalue weighted by Gasteiger charge is 2.15. The molecule has 0 unspecified atom stereocenters. The number of nitrogens with one attached hydrogen (secondary N) is 1. The van der Waals surface area contributed by atoms with E-state index < -0.39 is 0 Å². The van der Waals surface area contributed by atoms with Crippen LogP contribution in [-0.2, 0) is 0 Å². The number of nitrogens with zero attached hydrogens (tertiary/aromatic N) is 2. The zero-order valence-electron chi connectivity index (χ0n) is 14.2. The van der Waals surface area contributed by atoms with E-state index in [1.54, 1.807) is 23.5 Å². The lowest BCUT2D eigenvalue weighted by molar-refractivity contribution is 0.461. The Kier molecular flexibility index (Phi) is 6.85. The molecule has 1 aliphatic rings. The van der Waals surface area contributed by atoms with Gasteiger partial charge in [-0.1, -0.05) is 67.9 Å². The Morgan fingerprint density at radius 3 is 2.62 bits per heavy atom. The summed E-state index contributed by atoms with van der Waals surface area (Å²) in [5.41, 5.74) is 0. The maximum absolute atomic E-state index is 4.73. The standard InChI is InChI=1S/C19H25N3S2/c1-2-13-23-19-21-17(20-15-9-5-3-6-10-15)14-18(22-19)24-16-11-7-4-8-12-16/h4,7-8,11-12,14-15H,2-3,5-6,9-10,13H2,1H3,(H,20,21,22). The van der Waals surface area contributed by atoms with Gasteiger partial charge in [0.1, 0.15) is 10.8 Å². The maximum atomic E-state index is 4.73. The fourth-order valence-corrected chi connectivity index (χ4v) is 4.46. The van der Waals surface area contributed by atoms with E-state index in [1.807, 2.05) is 6.07 Å². The van der Waals surface area contributed by atoms with Crippen molar-refractivity contribution in [1.29, 1.82) is 0 Å². The van der Waals surface area contributed by atoms with Gasteiger partial charge in [-0.2, -0.15) is 0 Å². The maximum Gasteiger partial charge on any atom is 0.190 e. The summed E-state index contributed by atoms with van der Waals surface area (Å²) in [4.78, 5) is 10.7. The first-order valence-corrected chi connectivity index (χ1v) is 10.6. The number of benzene rings is 1. The predicted molar refractivity (Wildman–Crippen MR) is 104 cm³/mol. The molecule has 0 radical (unpaired) electrons. The molecule has 0 spiro atoms. The average Bonchev–Trinajstić information content (AvgIpc) is 2.61. The van der Waals surface area contributed by atoms with Crippen molar-refractivity contribution < 1.29 is 0 Å². The van der Waals surface area contributed by atoms with Crippen molar-refractivity contribution >= 4 is 29.3 Å². The summed E-state index contributed by atoms with van der Waals surface area (Å²) in [6.07, 6.45) is 7.66. The highest BCUT2D eigenvalue weighted by atomic mass is 32.2. The summed E-state index contributed by atoms with van der Waals surface area (Å²) in [6, 6.07) is 13.1. The SMILES string of the molecule is CCCSc1nc(NC2CCCCC2)cc(Sc2ccccc2)n1. The van der Waals surface area contributed by atoms with Gasteiger partial charge in [0.2, 0.25) is 0 Å². The van der Waals surface area contributed by atoms with Crippen LogP contribution in [-0.4, -0.2) is 21.8 Å². The van der Waals surface area contributed by atoms with E-state index in [2.05, 4.69) is 42.6 Å². The highest BCUT2D eigenvalue weighted by Crippen LogP contribution is 2.30. The molecule has 1 aliphatic carbocycles. The molecule has 128 valence electrons. The van der Waals surface area contributed by atoms with Crippen LogP contribution in [0.15, 0.2) is 51.5 Å². The fourth-order valence-electron chi connectivity index (χ4n) is 2.85. The van der Waals surface area contributed by atoms with Gasteiger partial charge in [-0.3, -0.25) is 0 Å². The Morgan fingerprint density at radius 2 is 1.88 bits per heavy atom. The largest absolute Gasteiger partial charge is 0.367 e. The lowest BCUT2D eigenvalue weighted by Gasteiger charge is -2.23. The van der Waals surface area contributed by atoms with Crippen molar-refractivity contribution in [3.63, 3.8) is 0 Å². The van der Waals surface area contributed by atoms with E-state index in [4.69, 9.17) is 9.97 Å². The normalized spacial score (nSPS) is 15.4. The molecule has 3 nitrogen and oxygen atoms in total. The fraction of sp³-hybridized carbons (Fsp3) is 0.474. The third-order valence-corrected chi connectivity index (χ3v) is 6.02. The first-order chi connectivity index (χ1) is 11.8. The van der Waals surface area contributed by atoms with Crippen molar-refractivity contribution in [2.45, 2.75) is 66.6 Å². The number of rotatable bonds is 7. The van der Waals surface area contributed by atoms with Gasteiger partial charge in [0.15, 0.2) is 5.16 Å². The first-order valence-electron chi connectivity index (χ1n) is 8.85. The molecule has 0 bridgehead atoms. The molecule has 5 heteroatoms. The Hall–Kier alpha value is -1.20. The van der Waals surface area contributed by atoms with Crippen LogP contribution in [0.4, 0.5) is 5.82 Å². The molecule has 1 aromatic heterocycles. The minimum Gasteiger partial charge on any atom is -0.367 e. The molecule has 3 rings (SSSR count). The lowest BCUT2D eigenvalue weighted by atomic mass is 9.95. The Bertz CT molecular complexity index is 628. The summed E-state index contributed by atoms with van der Waals surface area (Å²) >= 11 is 3.45. The minimum atomic E-state index is 0.562. The average molecular weight is 360 g/mol. The van der Waals surface area contributed by atoms with E-state index in [0.29, 0.717) is 6.04 Å². The molecule has 0 aliphatic heterocycles. The number of hydrogen-bond acceptors (Lipinski definition) is 5. The summed E-state index contributed by atoms with van der Waals surface area (Å²) in [5, 5.41) is 5.55. The molecule has 1 fully saturated rings. The van der Waals surface area contributed by atoms with Crippen LogP contribution in [0.25, 0.3) is 0 Å². The van der Waals surface area contributed by atoms with Crippen LogP contribution in [0.5, 0.6) is 0 Å². The van der Waals surface area contributed by atoms with Crippen molar-refractivity contribution in [3.8, 4) is 0 Å². The summed E-state index contributed by atoms with van der Waals surface area (Å²) < 4.78 is 0. The van der Waals surface area contributed by atoms with E-state index in [9.17, 15) is 0 Å². The van der Waals surface area contributed by atoms with Crippen molar-refractivity contribution in [2.24, 2.45) is 0 Å². The van der Waals surface area contributed by atoms with Crippen LogP contribution in [0.2, 0.25) is 0 Å². The lowest BCUT2D eigenvalue weighted by Crippen LogP contribution is -2.23. The molecule has 2 aromatic rings. The van der Waals surface area contributed by atoms with Gasteiger partial charge in [-0.25, -0.2) is 9.97 Å². The third kappa shape index (κ3) is 5.42. The minimum absolute atomic E-state index is 0.562. The summed E-state index contributed by atoms with van der Waals surface area (Å²) in [7, 11) is 0. The second-order valence-corrected chi connectivity index (χ2v) is 8.27. The zero-order chi connectivity index (χ0) is 16.6. The number of hydrogen-bond donors (Lipinski definition) is 1. The zero-order valence-corrected chi connectivity index (χ0v) is 15.8. The smallest absolute Gasteiger partial charge is 0.190 e. The molecule has 0 saturated heterocycles. The molecule has 1 saturated carbocycles. The molecule has 24 heavy (non-hydrogen) atoms. The molecule has 0 amide bonds. The van der Waals surface area contributed by atoms with E-state index >= 15 is 0 Å². The second kappa shape index (κ2) is 9.33.